The van der Waals surface area contributed by atoms with E-state index in [4.69, 9.17) is 0 Å². The van der Waals surface area contributed by atoms with Gasteiger partial charge in [-0.1, -0.05) is 13.8 Å². The first-order valence-corrected chi connectivity index (χ1v) is 5.87. The summed E-state index contributed by atoms with van der Waals surface area (Å²) in [7, 11) is 0. The van der Waals surface area contributed by atoms with Gasteiger partial charge in [-0.25, -0.2) is 0 Å². The summed E-state index contributed by atoms with van der Waals surface area (Å²) in [5.41, 5.74) is -0.779. The van der Waals surface area contributed by atoms with Gasteiger partial charge in [0.2, 0.25) is 5.91 Å². The van der Waals surface area contributed by atoms with Crippen LogP contribution in [0.2, 0.25) is 0 Å². The topological polar surface area (TPSA) is 44.1 Å². The van der Waals surface area contributed by atoms with E-state index in [0.717, 1.165) is 19.4 Å². The van der Waals surface area contributed by atoms with E-state index < -0.39 is 5.41 Å². The highest BCUT2D eigenvalue weighted by Gasteiger charge is 2.42. The summed E-state index contributed by atoms with van der Waals surface area (Å²) in [5.74, 6) is 0.0417. The zero-order valence-corrected chi connectivity index (χ0v) is 9.92. The number of rotatable bonds is 5. The zero-order valence-electron chi connectivity index (χ0n) is 9.92. The van der Waals surface area contributed by atoms with E-state index in [1.54, 1.807) is 0 Å². The Morgan fingerprint density at radius 2 is 1.93 bits per heavy atom. The lowest BCUT2D eigenvalue weighted by atomic mass is 9.82. The molecule has 0 spiro atoms. The smallest absolute Gasteiger partial charge is 0.243 e. The molecule has 1 aliphatic carbocycles. The summed E-state index contributed by atoms with van der Waals surface area (Å²) < 4.78 is 0. The fourth-order valence-corrected chi connectivity index (χ4v) is 1.99. The monoisotopic (exact) mass is 208 g/mol. The van der Waals surface area contributed by atoms with Gasteiger partial charge in [-0.15, -0.1) is 0 Å². The molecular weight excluding hydrogens is 188 g/mol. The largest absolute Gasteiger partial charge is 0.339 e. The van der Waals surface area contributed by atoms with Crippen molar-refractivity contribution in [3.63, 3.8) is 0 Å². The van der Waals surface area contributed by atoms with Gasteiger partial charge in [-0.2, -0.15) is 5.26 Å². The molecule has 0 atom stereocenters. The maximum absolute atomic E-state index is 12.3. The van der Waals surface area contributed by atoms with Crippen molar-refractivity contribution in [3.8, 4) is 6.07 Å². The van der Waals surface area contributed by atoms with E-state index in [2.05, 4.69) is 6.07 Å². The van der Waals surface area contributed by atoms with Crippen LogP contribution in [-0.4, -0.2) is 23.4 Å². The minimum absolute atomic E-state index is 0.0417. The third-order valence-electron chi connectivity index (χ3n) is 3.42. The maximum Gasteiger partial charge on any atom is 0.243 e. The first kappa shape index (κ1) is 12.0. The Bertz CT molecular complexity index is 272. The van der Waals surface area contributed by atoms with Crippen LogP contribution in [0.15, 0.2) is 0 Å². The van der Waals surface area contributed by atoms with Crippen molar-refractivity contribution in [3.05, 3.63) is 0 Å². The molecule has 0 aromatic heterocycles. The van der Waals surface area contributed by atoms with Crippen LogP contribution >= 0.6 is 0 Å². The Morgan fingerprint density at radius 3 is 2.20 bits per heavy atom. The van der Waals surface area contributed by atoms with E-state index >= 15 is 0 Å². The number of carbonyl (C=O) groups is 1. The van der Waals surface area contributed by atoms with Crippen LogP contribution in [0, 0.1) is 16.7 Å². The van der Waals surface area contributed by atoms with Crippen LogP contribution in [0.25, 0.3) is 0 Å². The highest BCUT2D eigenvalue weighted by molar-refractivity contribution is 5.85. The van der Waals surface area contributed by atoms with E-state index in [1.807, 2.05) is 25.7 Å². The second-order valence-corrected chi connectivity index (χ2v) is 4.22. The van der Waals surface area contributed by atoms with E-state index in [0.29, 0.717) is 18.9 Å². The molecule has 1 amide bonds. The van der Waals surface area contributed by atoms with Crippen molar-refractivity contribution >= 4 is 5.91 Å². The SMILES string of the molecule is CCN(C(=O)C(C#N)(CC)CC)C1CC1. The molecule has 0 saturated heterocycles. The third-order valence-corrected chi connectivity index (χ3v) is 3.42. The van der Waals surface area contributed by atoms with Crippen molar-refractivity contribution in [1.29, 1.82) is 5.26 Å². The van der Waals surface area contributed by atoms with E-state index in [9.17, 15) is 10.1 Å². The zero-order chi connectivity index (χ0) is 11.5. The Labute approximate surface area is 92.1 Å². The maximum atomic E-state index is 12.3. The summed E-state index contributed by atoms with van der Waals surface area (Å²) in [6.45, 7) is 6.56. The molecule has 0 bridgehead atoms. The fourth-order valence-electron chi connectivity index (χ4n) is 1.99. The number of nitriles is 1. The molecule has 0 N–H and O–H groups in total. The highest BCUT2D eigenvalue weighted by Crippen LogP contribution is 2.34. The molecule has 1 aliphatic rings. The number of hydrogen-bond donors (Lipinski definition) is 0. The average Bonchev–Trinajstić information content (AvgIpc) is 3.07. The molecule has 84 valence electrons. The van der Waals surface area contributed by atoms with Gasteiger partial charge in [0.1, 0.15) is 5.41 Å². The number of hydrogen-bond acceptors (Lipinski definition) is 2. The minimum atomic E-state index is -0.779. The standard InChI is InChI=1S/C12H20N2O/c1-4-12(5-2,9-13)11(15)14(6-3)10-7-8-10/h10H,4-8H2,1-3H3. The Kier molecular flexibility index (Phi) is 3.73. The molecule has 0 aromatic carbocycles. The predicted molar refractivity (Wildman–Crippen MR) is 59.0 cm³/mol. The normalized spacial score (nSPS) is 15.9. The highest BCUT2D eigenvalue weighted by atomic mass is 16.2. The number of amides is 1. The van der Waals surface area contributed by atoms with Crippen LogP contribution < -0.4 is 0 Å². The van der Waals surface area contributed by atoms with Crippen LogP contribution in [0.5, 0.6) is 0 Å². The molecule has 0 aliphatic heterocycles. The van der Waals surface area contributed by atoms with Crippen molar-refractivity contribution in [2.24, 2.45) is 5.41 Å². The van der Waals surface area contributed by atoms with E-state index in [-0.39, 0.29) is 5.91 Å². The van der Waals surface area contributed by atoms with Crippen LogP contribution in [0.3, 0.4) is 0 Å². The van der Waals surface area contributed by atoms with E-state index in [1.165, 1.54) is 0 Å². The molecule has 0 heterocycles. The lowest BCUT2D eigenvalue weighted by Crippen LogP contribution is -2.44. The summed E-state index contributed by atoms with van der Waals surface area (Å²) in [6.07, 6.45) is 3.44. The number of nitrogens with zero attached hydrogens (tertiary/aromatic N) is 2. The summed E-state index contributed by atoms with van der Waals surface area (Å²) >= 11 is 0. The molecule has 0 aromatic rings. The molecule has 1 saturated carbocycles. The predicted octanol–water partition coefficient (Wildman–Crippen LogP) is 2.33. The van der Waals surface area contributed by atoms with Gasteiger partial charge in [0, 0.05) is 12.6 Å². The van der Waals surface area contributed by atoms with Gasteiger partial charge in [0.25, 0.3) is 0 Å². The van der Waals surface area contributed by atoms with Gasteiger partial charge in [-0.05, 0) is 32.6 Å². The summed E-state index contributed by atoms with van der Waals surface area (Å²) in [6, 6.07) is 2.63. The lowest BCUT2D eigenvalue weighted by Gasteiger charge is -2.30. The number of carbonyl (C=O) groups excluding carboxylic acids is 1. The Morgan fingerprint density at radius 1 is 1.40 bits per heavy atom. The first-order chi connectivity index (χ1) is 7.15. The first-order valence-electron chi connectivity index (χ1n) is 5.87. The Hall–Kier alpha value is -1.04. The average molecular weight is 208 g/mol. The van der Waals surface area contributed by atoms with Crippen molar-refractivity contribution in [2.45, 2.75) is 52.5 Å². The van der Waals surface area contributed by atoms with Crippen molar-refractivity contribution in [2.75, 3.05) is 6.54 Å². The molecular formula is C12H20N2O. The molecule has 1 rings (SSSR count). The quantitative estimate of drug-likeness (QED) is 0.696. The van der Waals surface area contributed by atoms with Crippen LogP contribution in [0.1, 0.15) is 46.5 Å². The minimum Gasteiger partial charge on any atom is -0.339 e. The van der Waals surface area contributed by atoms with Gasteiger partial charge < -0.3 is 4.90 Å². The molecule has 15 heavy (non-hydrogen) atoms. The third kappa shape index (κ3) is 2.14. The van der Waals surface area contributed by atoms with Crippen molar-refractivity contribution < 1.29 is 4.79 Å². The Balaban J connectivity index is 2.83. The summed E-state index contributed by atoms with van der Waals surface area (Å²) in [4.78, 5) is 14.2. The second-order valence-electron chi connectivity index (χ2n) is 4.22. The molecule has 0 radical (unpaired) electrons. The van der Waals surface area contributed by atoms with Crippen LogP contribution in [-0.2, 0) is 4.79 Å². The molecule has 3 nitrogen and oxygen atoms in total. The molecule has 1 fully saturated rings. The second kappa shape index (κ2) is 4.65. The molecule has 3 heteroatoms. The van der Waals surface area contributed by atoms with Crippen molar-refractivity contribution in [1.82, 2.24) is 4.90 Å². The molecule has 0 unspecified atom stereocenters. The van der Waals surface area contributed by atoms with Gasteiger partial charge in [-0.3, -0.25) is 4.79 Å². The van der Waals surface area contributed by atoms with Gasteiger partial charge in [0.15, 0.2) is 0 Å². The lowest BCUT2D eigenvalue weighted by molar-refractivity contribution is -0.139. The summed E-state index contributed by atoms with van der Waals surface area (Å²) in [5, 5.41) is 9.20. The van der Waals surface area contributed by atoms with Crippen LogP contribution in [0.4, 0.5) is 0 Å². The van der Waals surface area contributed by atoms with Gasteiger partial charge >= 0.3 is 0 Å². The fraction of sp³-hybridized carbons (Fsp3) is 0.833. The van der Waals surface area contributed by atoms with Gasteiger partial charge in [0.05, 0.1) is 6.07 Å².